The third kappa shape index (κ3) is 3.48. The van der Waals surface area contributed by atoms with Gasteiger partial charge in [0, 0.05) is 22.0 Å². The number of pyridine rings is 1. The monoisotopic (exact) mass is 322 g/mol. The van der Waals surface area contributed by atoms with Crippen LogP contribution in [0.2, 0.25) is 0 Å². The molecule has 0 atom stereocenters. The Bertz CT molecular complexity index is 807. The van der Waals surface area contributed by atoms with E-state index in [9.17, 15) is 4.79 Å². The van der Waals surface area contributed by atoms with E-state index in [1.807, 2.05) is 23.6 Å². The highest BCUT2D eigenvalue weighted by Crippen LogP contribution is 2.32. The molecule has 4 heteroatoms. The molecule has 3 aromatic rings. The molecule has 0 saturated carbocycles. The molecule has 0 radical (unpaired) electrons. The van der Waals surface area contributed by atoms with Crippen molar-refractivity contribution in [1.82, 2.24) is 10.3 Å². The van der Waals surface area contributed by atoms with Crippen LogP contribution in [0.4, 0.5) is 0 Å². The summed E-state index contributed by atoms with van der Waals surface area (Å²) < 4.78 is 0. The van der Waals surface area contributed by atoms with Crippen LogP contribution in [0, 0.1) is 13.8 Å². The van der Waals surface area contributed by atoms with E-state index >= 15 is 0 Å². The maximum atomic E-state index is 12.6. The number of thiophene rings is 1. The molecular weight excluding hydrogens is 304 g/mol. The largest absolute Gasteiger partial charge is 0.346 e. The number of carbonyl (C=O) groups excluding carboxylic acids is 1. The lowest BCUT2D eigenvalue weighted by Gasteiger charge is -2.08. The van der Waals surface area contributed by atoms with Gasteiger partial charge in [-0.05, 0) is 31.5 Å². The third-order valence-electron chi connectivity index (χ3n) is 3.72. The Morgan fingerprint density at radius 1 is 1.13 bits per heavy atom. The summed E-state index contributed by atoms with van der Waals surface area (Å²) in [6.45, 7) is 4.54. The molecule has 2 heterocycles. The number of aromatic nitrogens is 1. The number of hydrogen-bond acceptors (Lipinski definition) is 3. The molecule has 1 N–H and O–H groups in total. The fourth-order valence-corrected chi connectivity index (χ4v) is 3.33. The highest BCUT2D eigenvalue weighted by Gasteiger charge is 2.17. The molecule has 116 valence electrons. The van der Waals surface area contributed by atoms with Gasteiger partial charge in [-0.25, -0.2) is 0 Å². The summed E-state index contributed by atoms with van der Waals surface area (Å²) in [7, 11) is 0. The minimum absolute atomic E-state index is 0.0596. The van der Waals surface area contributed by atoms with Gasteiger partial charge in [0.25, 0.3) is 5.91 Å². The number of hydrogen-bond donors (Lipinski definition) is 1. The Morgan fingerprint density at radius 3 is 2.61 bits per heavy atom. The molecule has 0 bridgehead atoms. The molecule has 3 nitrogen and oxygen atoms in total. The highest BCUT2D eigenvalue weighted by atomic mass is 32.1. The van der Waals surface area contributed by atoms with E-state index in [4.69, 9.17) is 0 Å². The molecular formula is C19H18N2OS. The Kier molecular flexibility index (Phi) is 4.53. The molecule has 0 aliphatic rings. The second-order valence-corrected chi connectivity index (χ2v) is 6.53. The van der Waals surface area contributed by atoms with Crippen LogP contribution in [0.25, 0.3) is 11.1 Å². The van der Waals surface area contributed by atoms with Gasteiger partial charge in [0.2, 0.25) is 0 Å². The van der Waals surface area contributed by atoms with Gasteiger partial charge in [-0.15, -0.1) is 11.3 Å². The van der Waals surface area contributed by atoms with Crippen molar-refractivity contribution < 1.29 is 4.79 Å². The first-order valence-electron chi connectivity index (χ1n) is 7.48. The van der Waals surface area contributed by atoms with E-state index in [2.05, 4.69) is 48.4 Å². The van der Waals surface area contributed by atoms with E-state index in [0.29, 0.717) is 6.54 Å². The summed E-state index contributed by atoms with van der Waals surface area (Å²) in [6.07, 6.45) is 1.73. The minimum atomic E-state index is -0.0596. The normalized spacial score (nSPS) is 10.5. The van der Waals surface area contributed by atoms with Gasteiger partial charge in [0.05, 0.1) is 17.8 Å². The second kappa shape index (κ2) is 6.75. The minimum Gasteiger partial charge on any atom is -0.346 e. The van der Waals surface area contributed by atoms with E-state index in [1.54, 1.807) is 17.5 Å². The van der Waals surface area contributed by atoms with E-state index in [0.717, 1.165) is 27.3 Å². The van der Waals surface area contributed by atoms with Gasteiger partial charge < -0.3 is 5.32 Å². The van der Waals surface area contributed by atoms with E-state index < -0.39 is 0 Å². The summed E-state index contributed by atoms with van der Waals surface area (Å²) in [4.78, 5) is 17.9. The summed E-state index contributed by atoms with van der Waals surface area (Å²) in [5.74, 6) is -0.0596. The third-order valence-corrected chi connectivity index (χ3v) is 4.63. The maximum Gasteiger partial charge on any atom is 0.253 e. The number of nitrogens with zero attached hydrogens (tertiary/aromatic N) is 1. The standard InChI is InChI=1S/C19H18N2OS/c1-13-6-8-15(9-7-13)18-14(2)23-12-17(18)19(22)21-11-16-5-3-4-10-20-16/h3-10,12H,11H2,1-2H3,(H,21,22). The molecule has 23 heavy (non-hydrogen) atoms. The number of benzene rings is 1. The van der Waals surface area contributed by atoms with E-state index in [1.165, 1.54) is 5.56 Å². The number of aryl methyl sites for hydroxylation is 2. The van der Waals surface area contributed by atoms with Crippen LogP contribution in [0.1, 0.15) is 26.5 Å². The lowest BCUT2D eigenvalue weighted by atomic mass is 10.0. The Labute approximate surface area is 140 Å². The van der Waals surface area contributed by atoms with Crippen LogP contribution in [-0.4, -0.2) is 10.9 Å². The predicted molar refractivity (Wildman–Crippen MR) is 94.6 cm³/mol. The van der Waals surface area contributed by atoms with Gasteiger partial charge in [0.1, 0.15) is 0 Å². The molecule has 0 fully saturated rings. The van der Waals surface area contributed by atoms with Crippen molar-refractivity contribution in [3.63, 3.8) is 0 Å². The van der Waals surface area contributed by atoms with Crippen molar-refractivity contribution in [3.05, 3.63) is 75.7 Å². The van der Waals surface area contributed by atoms with Gasteiger partial charge in [-0.1, -0.05) is 35.9 Å². The molecule has 1 aromatic carbocycles. The van der Waals surface area contributed by atoms with Gasteiger partial charge >= 0.3 is 0 Å². The van der Waals surface area contributed by atoms with Crippen molar-refractivity contribution in [1.29, 1.82) is 0 Å². The van der Waals surface area contributed by atoms with Crippen molar-refractivity contribution in [2.45, 2.75) is 20.4 Å². The van der Waals surface area contributed by atoms with Crippen LogP contribution in [0.15, 0.2) is 54.0 Å². The quantitative estimate of drug-likeness (QED) is 0.775. The summed E-state index contributed by atoms with van der Waals surface area (Å²) in [5.41, 5.74) is 4.89. The second-order valence-electron chi connectivity index (χ2n) is 5.45. The fraction of sp³-hybridized carbons (Fsp3) is 0.158. The Balaban J connectivity index is 1.83. The highest BCUT2D eigenvalue weighted by molar-refractivity contribution is 7.10. The SMILES string of the molecule is Cc1ccc(-c2c(C(=O)NCc3ccccn3)csc2C)cc1. The Morgan fingerprint density at radius 2 is 1.91 bits per heavy atom. The first kappa shape index (κ1) is 15.4. The lowest BCUT2D eigenvalue weighted by molar-refractivity contribution is 0.0951. The van der Waals surface area contributed by atoms with Crippen LogP contribution in [0.3, 0.4) is 0 Å². The number of carbonyl (C=O) groups is 1. The Hall–Kier alpha value is -2.46. The van der Waals surface area contributed by atoms with Crippen LogP contribution in [-0.2, 0) is 6.54 Å². The average Bonchev–Trinajstić information content (AvgIpc) is 2.96. The molecule has 0 saturated heterocycles. The molecule has 3 rings (SSSR count). The van der Waals surface area contributed by atoms with Crippen molar-refractivity contribution >= 4 is 17.2 Å². The fourth-order valence-electron chi connectivity index (χ4n) is 2.47. The number of rotatable bonds is 4. The number of nitrogens with one attached hydrogen (secondary N) is 1. The van der Waals surface area contributed by atoms with E-state index in [-0.39, 0.29) is 5.91 Å². The van der Waals surface area contributed by atoms with Crippen LogP contribution in [0.5, 0.6) is 0 Å². The first-order chi connectivity index (χ1) is 11.1. The summed E-state index contributed by atoms with van der Waals surface area (Å²) in [6, 6.07) is 14.0. The molecule has 0 spiro atoms. The number of amides is 1. The van der Waals surface area contributed by atoms with Crippen molar-refractivity contribution in [2.24, 2.45) is 0 Å². The van der Waals surface area contributed by atoms with Crippen LogP contribution < -0.4 is 5.32 Å². The van der Waals surface area contributed by atoms with Crippen LogP contribution >= 0.6 is 11.3 Å². The van der Waals surface area contributed by atoms with Gasteiger partial charge in [0.15, 0.2) is 0 Å². The molecule has 2 aromatic heterocycles. The zero-order valence-electron chi connectivity index (χ0n) is 13.2. The smallest absolute Gasteiger partial charge is 0.253 e. The van der Waals surface area contributed by atoms with Crippen molar-refractivity contribution in [2.75, 3.05) is 0 Å². The zero-order chi connectivity index (χ0) is 16.2. The molecule has 1 amide bonds. The zero-order valence-corrected chi connectivity index (χ0v) is 14.0. The van der Waals surface area contributed by atoms with Gasteiger partial charge in [-0.2, -0.15) is 0 Å². The molecule has 0 unspecified atom stereocenters. The summed E-state index contributed by atoms with van der Waals surface area (Å²) in [5, 5.41) is 4.88. The maximum absolute atomic E-state index is 12.6. The first-order valence-corrected chi connectivity index (χ1v) is 8.36. The summed E-state index contributed by atoms with van der Waals surface area (Å²) >= 11 is 1.60. The topological polar surface area (TPSA) is 42.0 Å². The predicted octanol–water partition coefficient (Wildman–Crippen LogP) is 4.36. The van der Waals surface area contributed by atoms with Gasteiger partial charge in [-0.3, -0.25) is 9.78 Å². The lowest BCUT2D eigenvalue weighted by Crippen LogP contribution is -2.23. The molecule has 0 aliphatic carbocycles. The van der Waals surface area contributed by atoms with Crippen molar-refractivity contribution in [3.8, 4) is 11.1 Å². The molecule has 0 aliphatic heterocycles. The average molecular weight is 322 g/mol.